The number of rotatable bonds is 3. The number of nitrogens with zero attached hydrogens (tertiary/aromatic N) is 2. The van der Waals surface area contributed by atoms with Crippen molar-refractivity contribution in [1.82, 2.24) is 9.78 Å². The molecule has 1 aromatic carbocycles. The molecule has 0 spiro atoms. The zero-order chi connectivity index (χ0) is 15.6. The van der Waals surface area contributed by atoms with Crippen molar-refractivity contribution >= 4 is 17.5 Å². The van der Waals surface area contributed by atoms with Gasteiger partial charge >= 0.3 is 6.03 Å². The van der Waals surface area contributed by atoms with E-state index in [4.69, 9.17) is 0 Å². The second-order valence-corrected chi connectivity index (χ2v) is 4.06. The Bertz CT molecular complexity index is 671. The molecule has 1 heterocycles. The normalized spacial score (nSPS) is 10.8. The van der Waals surface area contributed by atoms with E-state index in [0.29, 0.717) is 0 Å². The van der Waals surface area contributed by atoms with Gasteiger partial charge in [0.1, 0.15) is 5.69 Å². The average Bonchev–Trinajstić information content (AvgIpc) is 2.76. The molecule has 0 radical (unpaired) electrons. The molecule has 2 rings (SSSR count). The Morgan fingerprint density at radius 1 is 1.29 bits per heavy atom. The van der Waals surface area contributed by atoms with Crippen LogP contribution < -0.4 is 10.6 Å². The standard InChI is InChI=1S/C12H10F4N4O/c1-20-8(11(15)16)5-9(19-20)18-12(21)17-7-4-2-3-6(13)10(7)14/h2-5,11H,1H3,(H2,17,18,19,21). The van der Waals surface area contributed by atoms with Crippen LogP contribution in [-0.2, 0) is 7.05 Å². The van der Waals surface area contributed by atoms with Crippen molar-refractivity contribution in [3.63, 3.8) is 0 Å². The molecular formula is C12H10F4N4O. The van der Waals surface area contributed by atoms with Gasteiger partial charge < -0.3 is 5.32 Å². The lowest BCUT2D eigenvalue weighted by Crippen LogP contribution is -2.20. The van der Waals surface area contributed by atoms with Crippen molar-refractivity contribution in [2.45, 2.75) is 6.43 Å². The summed E-state index contributed by atoms with van der Waals surface area (Å²) in [7, 11) is 1.29. The minimum absolute atomic E-state index is 0.137. The quantitative estimate of drug-likeness (QED) is 0.855. The third-order valence-electron chi connectivity index (χ3n) is 2.58. The van der Waals surface area contributed by atoms with Gasteiger partial charge in [-0.3, -0.25) is 10.00 Å². The largest absolute Gasteiger partial charge is 0.324 e. The first kappa shape index (κ1) is 14.8. The van der Waals surface area contributed by atoms with Crippen LogP contribution in [0, 0.1) is 11.6 Å². The monoisotopic (exact) mass is 302 g/mol. The summed E-state index contributed by atoms with van der Waals surface area (Å²) in [6.07, 6.45) is -2.75. The number of nitrogens with one attached hydrogen (secondary N) is 2. The second kappa shape index (κ2) is 5.81. The third kappa shape index (κ3) is 3.30. The fourth-order valence-electron chi connectivity index (χ4n) is 1.62. The lowest BCUT2D eigenvalue weighted by atomic mass is 10.3. The Labute approximate surface area is 116 Å². The molecule has 2 N–H and O–H groups in total. The number of hydrogen-bond donors (Lipinski definition) is 2. The molecule has 0 aliphatic heterocycles. The maximum atomic E-state index is 13.3. The van der Waals surface area contributed by atoms with Gasteiger partial charge in [-0.05, 0) is 12.1 Å². The lowest BCUT2D eigenvalue weighted by Gasteiger charge is -2.06. The lowest BCUT2D eigenvalue weighted by molar-refractivity contribution is 0.141. The zero-order valence-electron chi connectivity index (χ0n) is 10.7. The van der Waals surface area contributed by atoms with Crippen LogP contribution in [0.5, 0.6) is 0 Å². The molecular weight excluding hydrogens is 292 g/mol. The van der Waals surface area contributed by atoms with Gasteiger partial charge in [0, 0.05) is 13.1 Å². The molecule has 0 saturated carbocycles. The summed E-state index contributed by atoms with van der Waals surface area (Å²) in [5, 5.41) is 7.85. The molecule has 21 heavy (non-hydrogen) atoms. The van der Waals surface area contributed by atoms with E-state index in [-0.39, 0.29) is 17.2 Å². The van der Waals surface area contributed by atoms with Crippen LogP contribution in [-0.4, -0.2) is 15.8 Å². The summed E-state index contributed by atoms with van der Waals surface area (Å²) in [5.74, 6) is -2.48. The zero-order valence-corrected chi connectivity index (χ0v) is 10.7. The summed E-state index contributed by atoms with van der Waals surface area (Å²) in [4.78, 5) is 11.6. The SMILES string of the molecule is Cn1nc(NC(=O)Nc2cccc(F)c2F)cc1C(F)F. The first-order chi connectivity index (χ1) is 9.88. The molecule has 0 fully saturated rings. The Morgan fingerprint density at radius 2 is 2.00 bits per heavy atom. The predicted octanol–water partition coefficient (Wildman–Crippen LogP) is 3.28. The maximum Gasteiger partial charge on any atom is 0.324 e. The molecule has 112 valence electrons. The van der Waals surface area contributed by atoms with E-state index in [2.05, 4.69) is 15.7 Å². The van der Waals surface area contributed by atoms with Gasteiger partial charge in [-0.1, -0.05) is 6.07 Å². The van der Waals surface area contributed by atoms with E-state index in [1.54, 1.807) is 0 Å². The summed E-state index contributed by atoms with van der Waals surface area (Å²) in [6.45, 7) is 0. The number of carbonyl (C=O) groups excluding carboxylic acids is 1. The van der Waals surface area contributed by atoms with Crippen molar-refractivity contribution in [2.24, 2.45) is 7.05 Å². The van der Waals surface area contributed by atoms with Crippen LogP contribution in [0.2, 0.25) is 0 Å². The van der Waals surface area contributed by atoms with E-state index in [1.165, 1.54) is 13.1 Å². The number of urea groups is 1. The van der Waals surface area contributed by atoms with Gasteiger partial charge in [0.25, 0.3) is 6.43 Å². The van der Waals surface area contributed by atoms with Crippen LogP contribution in [0.4, 0.5) is 33.9 Å². The fraction of sp³-hybridized carbons (Fsp3) is 0.167. The molecule has 0 aliphatic rings. The summed E-state index contributed by atoms with van der Waals surface area (Å²) in [5.41, 5.74) is -0.764. The Hall–Kier alpha value is -2.58. The number of carbonyl (C=O) groups is 1. The topological polar surface area (TPSA) is 59.0 Å². The highest BCUT2D eigenvalue weighted by Gasteiger charge is 2.16. The first-order valence-electron chi connectivity index (χ1n) is 5.72. The van der Waals surface area contributed by atoms with Gasteiger partial charge in [0.2, 0.25) is 0 Å². The number of amides is 2. The van der Waals surface area contributed by atoms with E-state index >= 15 is 0 Å². The third-order valence-corrected chi connectivity index (χ3v) is 2.58. The number of hydrogen-bond acceptors (Lipinski definition) is 2. The summed E-state index contributed by atoms with van der Waals surface area (Å²) < 4.78 is 52.3. The molecule has 0 atom stereocenters. The number of halogens is 4. The number of anilines is 2. The number of aryl methyl sites for hydroxylation is 1. The molecule has 0 saturated heterocycles. The van der Waals surface area contributed by atoms with Crippen LogP contribution in [0.15, 0.2) is 24.3 Å². The van der Waals surface area contributed by atoms with E-state index in [1.807, 2.05) is 0 Å². The molecule has 1 aromatic heterocycles. The first-order valence-corrected chi connectivity index (χ1v) is 5.72. The Kier molecular flexibility index (Phi) is 4.10. The van der Waals surface area contributed by atoms with Crippen LogP contribution >= 0.6 is 0 Å². The number of aromatic nitrogens is 2. The molecule has 0 aliphatic carbocycles. The van der Waals surface area contributed by atoms with Crippen molar-refractivity contribution in [2.75, 3.05) is 10.6 Å². The van der Waals surface area contributed by atoms with E-state index in [0.717, 1.165) is 22.9 Å². The van der Waals surface area contributed by atoms with Crippen LogP contribution in [0.1, 0.15) is 12.1 Å². The minimum Gasteiger partial charge on any atom is -0.305 e. The van der Waals surface area contributed by atoms with Crippen molar-refractivity contribution in [3.05, 3.63) is 41.6 Å². The highest BCUT2D eigenvalue weighted by Crippen LogP contribution is 2.21. The van der Waals surface area contributed by atoms with Crippen LogP contribution in [0.3, 0.4) is 0 Å². The molecule has 2 amide bonds. The molecule has 2 aromatic rings. The van der Waals surface area contributed by atoms with Crippen LogP contribution in [0.25, 0.3) is 0 Å². The molecule has 0 unspecified atom stereocenters. The van der Waals surface area contributed by atoms with E-state index in [9.17, 15) is 22.4 Å². The Balaban J connectivity index is 2.08. The van der Waals surface area contributed by atoms with E-state index < -0.39 is 24.1 Å². The minimum atomic E-state index is -2.75. The predicted molar refractivity (Wildman–Crippen MR) is 67.2 cm³/mol. The number of alkyl halides is 2. The van der Waals surface area contributed by atoms with Gasteiger partial charge in [-0.15, -0.1) is 0 Å². The highest BCUT2D eigenvalue weighted by atomic mass is 19.3. The fourth-order valence-corrected chi connectivity index (χ4v) is 1.62. The van der Waals surface area contributed by atoms with Crippen molar-refractivity contribution in [3.8, 4) is 0 Å². The average molecular weight is 302 g/mol. The smallest absolute Gasteiger partial charge is 0.305 e. The van der Waals surface area contributed by atoms with Crippen molar-refractivity contribution in [1.29, 1.82) is 0 Å². The second-order valence-electron chi connectivity index (χ2n) is 4.06. The van der Waals surface area contributed by atoms with Gasteiger partial charge in [-0.2, -0.15) is 5.10 Å². The molecule has 0 bridgehead atoms. The summed E-state index contributed by atoms with van der Waals surface area (Å²) in [6, 6.07) is 3.31. The Morgan fingerprint density at radius 3 is 2.62 bits per heavy atom. The van der Waals surface area contributed by atoms with Gasteiger partial charge in [0.15, 0.2) is 17.5 Å². The van der Waals surface area contributed by atoms with Gasteiger partial charge in [-0.25, -0.2) is 22.4 Å². The molecule has 9 heteroatoms. The maximum absolute atomic E-state index is 13.3. The molecule has 5 nitrogen and oxygen atoms in total. The van der Waals surface area contributed by atoms with Gasteiger partial charge in [0.05, 0.1) is 5.69 Å². The highest BCUT2D eigenvalue weighted by molar-refractivity contribution is 5.99. The number of benzene rings is 1. The van der Waals surface area contributed by atoms with Crippen molar-refractivity contribution < 1.29 is 22.4 Å². The summed E-state index contributed by atoms with van der Waals surface area (Å²) >= 11 is 0.